The van der Waals surface area contributed by atoms with Crippen LogP contribution < -0.4 is 10.1 Å². The average molecular weight is 257 g/mol. The molecule has 100 valence electrons. The minimum atomic E-state index is 0.0363. The topological polar surface area (TPSA) is 47.0 Å². The van der Waals surface area contributed by atoms with Crippen molar-refractivity contribution in [3.63, 3.8) is 0 Å². The minimum absolute atomic E-state index is 0.0363. The van der Waals surface area contributed by atoms with E-state index in [1.165, 1.54) is 6.33 Å². The predicted molar refractivity (Wildman–Crippen MR) is 75.2 cm³/mol. The van der Waals surface area contributed by atoms with Crippen LogP contribution in [0.3, 0.4) is 0 Å². The number of hydrogen-bond acceptors (Lipinski definition) is 4. The summed E-state index contributed by atoms with van der Waals surface area (Å²) in [6, 6.07) is 8.11. The van der Waals surface area contributed by atoms with Gasteiger partial charge in [-0.15, -0.1) is 0 Å². The van der Waals surface area contributed by atoms with Gasteiger partial charge in [0.15, 0.2) is 0 Å². The van der Waals surface area contributed by atoms with Gasteiger partial charge in [-0.1, -0.05) is 25.1 Å². The molecule has 1 atom stereocenters. The molecule has 2 rings (SSSR count). The summed E-state index contributed by atoms with van der Waals surface area (Å²) in [4.78, 5) is 8.16. The molecule has 1 unspecified atom stereocenters. The van der Waals surface area contributed by atoms with E-state index < -0.39 is 0 Å². The van der Waals surface area contributed by atoms with Crippen molar-refractivity contribution < 1.29 is 4.74 Å². The summed E-state index contributed by atoms with van der Waals surface area (Å²) in [7, 11) is 1.92. The van der Waals surface area contributed by atoms with E-state index in [1.54, 1.807) is 0 Å². The Kier molecular flexibility index (Phi) is 4.86. The number of benzene rings is 1. The molecule has 0 aliphatic rings. The van der Waals surface area contributed by atoms with E-state index >= 15 is 0 Å². The molecule has 0 bridgehead atoms. The fraction of sp³-hybridized carbons (Fsp3) is 0.333. The van der Waals surface area contributed by atoms with Crippen LogP contribution in [0.4, 0.5) is 0 Å². The Hall–Kier alpha value is -1.94. The number of nitrogens with zero attached hydrogens (tertiary/aromatic N) is 2. The third kappa shape index (κ3) is 3.29. The van der Waals surface area contributed by atoms with Crippen LogP contribution in [0.15, 0.2) is 43.0 Å². The number of nitrogens with one attached hydrogen (secondary N) is 1. The highest BCUT2D eigenvalue weighted by Gasteiger charge is 2.16. The summed E-state index contributed by atoms with van der Waals surface area (Å²) in [6.45, 7) is 2.82. The molecule has 0 saturated heterocycles. The SMILES string of the molecule is CCCOc1ccccc1C(NC)c1cncnc1. The van der Waals surface area contributed by atoms with E-state index in [4.69, 9.17) is 4.74 Å². The van der Waals surface area contributed by atoms with Crippen LogP contribution in [0.1, 0.15) is 30.5 Å². The largest absolute Gasteiger partial charge is 0.493 e. The van der Waals surface area contributed by atoms with Gasteiger partial charge in [-0.3, -0.25) is 0 Å². The average Bonchev–Trinajstić information content (AvgIpc) is 2.48. The molecule has 0 aliphatic carbocycles. The lowest BCUT2D eigenvalue weighted by Gasteiger charge is -2.19. The van der Waals surface area contributed by atoms with Gasteiger partial charge in [0.25, 0.3) is 0 Å². The molecule has 0 aliphatic heterocycles. The van der Waals surface area contributed by atoms with Gasteiger partial charge >= 0.3 is 0 Å². The van der Waals surface area contributed by atoms with E-state index in [1.807, 2.05) is 37.6 Å². The lowest BCUT2D eigenvalue weighted by Crippen LogP contribution is -2.19. The first-order chi connectivity index (χ1) is 9.36. The molecule has 4 heteroatoms. The first kappa shape index (κ1) is 13.5. The lowest BCUT2D eigenvalue weighted by molar-refractivity contribution is 0.312. The van der Waals surface area contributed by atoms with Crippen molar-refractivity contribution in [2.24, 2.45) is 0 Å². The van der Waals surface area contributed by atoms with Crippen molar-refractivity contribution >= 4 is 0 Å². The fourth-order valence-electron chi connectivity index (χ4n) is 2.02. The first-order valence-corrected chi connectivity index (χ1v) is 6.50. The Morgan fingerprint density at radius 1 is 1.21 bits per heavy atom. The van der Waals surface area contributed by atoms with Gasteiger partial charge in [-0.05, 0) is 19.5 Å². The maximum Gasteiger partial charge on any atom is 0.124 e. The minimum Gasteiger partial charge on any atom is -0.493 e. The summed E-state index contributed by atoms with van der Waals surface area (Å²) in [5, 5.41) is 3.29. The molecule has 0 saturated carbocycles. The van der Waals surface area contributed by atoms with Gasteiger partial charge in [0.05, 0.1) is 12.6 Å². The summed E-state index contributed by atoms with van der Waals surface area (Å²) in [5.74, 6) is 0.910. The van der Waals surface area contributed by atoms with E-state index in [2.05, 4.69) is 28.3 Å². The van der Waals surface area contributed by atoms with Crippen LogP contribution in [-0.2, 0) is 0 Å². The Balaban J connectivity index is 2.33. The Labute approximate surface area is 113 Å². The Bertz CT molecular complexity index is 502. The number of rotatable bonds is 6. The van der Waals surface area contributed by atoms with Crippen molar-refractivity contribution in [3.05, 3.63) is 54.1 Å². The summed E-state index contributed by atoms with van der Waals surface area (Å²) < 4.78 is 5.81. The maximum atomic E-state index is 5.81. The van der Waals surface area contributed by atoms with Gasteiger partial charge in [0, 0.05) is 23.5 Å². The number of para-hydroxylation sites is 1. The second kappa shape index (κ2) is 6.85. The molecular weight excluding hydrogens is 238 g/mol. The zero-order chi connectivity index (χ0) is 13.5. The van der Waals surface area contributed by atoms with Gasteiger partial charge in [0.1, 0.15) is 12.1 Å². The van der Waals surface area contributed by atoms with Crippen molar-refractivity contribution in [1.82, 2.24) is 15.3 Å². The molecule has 1 aromatic heterocycles. The van der Waals surface area contributed by atoms with E-state index in [0.29, 0.717) is 0 Å². The van der Waals surface area contributed by atoms with Crippen LogP contribution >= 0.6 is 0 Å². The van der Waals surface area contributed by atoms with Gasteiger partial charge in [0.2, 0.25) is 0 Å². The maximum absolute atomic E-state index is 5.81. The molecule has 19 heavy (non-hydrogen) atoms. The monoisotopic (exact) mass is 257 g/mol. The highest BCUT2D eigenvalue weighted by molar-refractivity contribution is 5.40. The lowest BCUT2D eigenvalue weighted by atomic mass is 10.0. The Morgan fingerprint density at radius 3 is 2.63 bits per heavy atom. The predicted octanol–water partition coefficient (Wildman–Crippen LogP) is 2.57. The standard InChI is InChI=1S/C15H19N3O/c1-3-8-19-14-7-5-4-6-13(14)15(16-2)12-9-17-11-18-10-12/h4-7,9-11,15-16H,3,8H2,1-2H3. The molecule has 1 N–H and O–H groups in total. The third-order valence-corrected chi connectivity index (χ3v) is 2.89. The highest BCUT2D eigenvalue weighted by atomic mass is 16.5. The number of ether oxygens (including phenoxy) is 1. The normalized spacial score (nSPS) is 12.1. The molecule has 0 amide bonds. The van der Waals surface area contributed by atoms with E-state index in [9.17, 15) is 0 Å². The Morgan fingerprint density at radius 2 is 1.95 bits per heavy atom. The second-order valence-electron chi connectivity index (χ2n) is 4.28. The molecular formula is C15H19N3O. The fourth-order valence-corrected chi connectivity index (χ4v) is 2.02. The summed E-state index contributed by atoms with van der Waals surface area (Å²) in [5.41, 5.74) is 2.13. The van der Waals surface area contributed by atoms with Crippen LogP contribution in [-0.4, -0.2) is 23.6 Å². The van der Waals surface area contributed by atoms with Crippen molar-refractivity contribution in [2.45, 2.75) is 19.4 Å². The molecule has 0 radical (unpaired) electrons. The van der Waals surface area contributed by atoms with Crippen molar-refractivity contribution in [2.75, 3.05) is 13.7 Å². The van der Waals surface area contributed by atoms with Gasteiger partial charge in [-0.25, -0.2) is 9.97 Å². The van der Waals surface area contributed by atoms with E-state index in [-0.39, 0.29) is 6.04 Å². The third-order valence-electron chi connectivity index (χ3n) is 2.89. The van der Waals surface area contributed by atoms with Gasteiger partial charge < -0.3 is 10.1 Å². The smallest absolute Gasteiger partial charge is 0.124 e. The van der Waals surface area contributed by atoms with Crippen molar-refractivity contribution in [3.8, 4) is 5.75 Å². The second-order valence-corrected chi connectivity index (χ2v) is 4.28. The van der Waals surface area contributed by atoms with Crippen LogP contribution in [0.25, 0.3) is 0 Å². The van der Waals surface area contributed by atoms with Crippen LogP contribution in [0.2, 0.25) is 0 Å². The van der Waals surface area contributed by atoms with Gasteiger partial charge in [-0.2, -0.15) is 0 Å². The van der Waals surface area contributed by atoms with Crippen molar-refractivity contribution in [1.29, 1.82) is 0 Å². The summed E-state index contributed by atoms with van der Waals surface area (Å²) >= 11 is 0. The highest BCUT2D eigenvalue weighted by Crippen LogP contribution is 2.29. The number of hydrogen-bond donors (Lipinski definition) is 1. The molecule has 1 aromatic carbocycles. The number of aromatic nitrogens is 2. The zero-order valence-corrected chi connectivity index (χ0v) is 11.3. The molecule has 1 heterocycles. The van der Waals surface area contributed by atoms with Crippen LogP contribution in [0, 0.1) is 0 Å². The van der Waals surface area contributed by atoms with E-state index in [0.717, 1.165) is 29.9 Å². The first-order valence-electron chi connectivity index (χ1n) is 6.50. The molecule has 4 nitrogen and oxygen atoms in total. The molecule has 0 fully saturated rings. The quantitative estimate of drug-likeness (QED) is 0.864. The molecule has 2 aromatic rings. The molecule has 0 spiro atoms. The van der Waals surface area contributed by atoms with Crippen LogP contribution in [0.5, 0.6) is 5.75 Å². The summed E-state index contributed by atoms with van der Waals surface area (Å²) in [6.07, 6.45) is 6.18. The zero-order valence-electron chi connectivity index (χ0n) is 11.3.